The van der Waals surface area contributed by atoms with Gasteiger partial charge in [0.25, 0.3) is 5.91 Å². The summed E-state index contributed by atoms with van der Waals surface area (Å²) in [7, 11) is 0. The van der Waals surface area contributed by atoms with E-state index < -0.39 is 41.4 Å². The zero-order chi connectivity index (χ0) is 31.0. The Balaban J connectivity index is 1.42. The predicted molar refractivity (Wildman–Crippen MR) is 157 cm³/mol. The van der Waals surface area contributed by atoms with Crippen LogP contribution in [-0.4, -0.2) is 90.2 Å². The summed E-state index contributed by atoms with van der Waals surface area (Å²) in [5.74, 6) is -1.05. The third-order valence-corrected chi connectivity index (χ3v) is 7.66. The highest BCUT2D eigenvalue weighted by Gasteiger charge is 2.50. The first-order valence-corrected chi connectivity index (χ1v) is 15.0. The molecule has 12 nitrogen and oxygen atoms in total. The van der Waals surface area contributed by atoms with Crippen LogP contribution in [0.4, 0.5) is 0 Å². The maximum atomic E-state index is 13.6. The molecule has 3 heterocycles. The lowest BCUT2D eigenvalue weighted by Crippen LogP contribution is -2.57. The van der Waals surface area contributed by atoms with Gasteiger partial charge in [-0.25, -0.2) is 0 Å². The minimum Gasteiger partial charge on any atom is -0.379 e. The molecule has 3 amide bonds. The molecule has 43 heavy (non-hydrogen) atoms. The van der Waals surface area contributed by atoms with Crippen molar-refractivity contribution in [2.24, 2.45) is 5.92 Å². The molecule has 2 saturated heterocycles. The Labute approximate surface area is 252 Å². The van der Waals surface area contributed by atoms with E-state index in [-0.39, 0.29) is 30.2 Å². The second kappa shape index (κ2) is 14.7. The van der Waals surface area contributed by atoms with Crippen LogP contribution in [0.15, 0.2) is 40.9 Å². The van der Waals surface area contributed by atoms with Crippen LogP contribution in [-0.2, 0) is 36.8 Å². The summed E-state index contributed by atoms with van der Waals surface area (Å²) >= 11 is 0. The number of carbonyl (C=O) groups excluding carboxylic acids is 4. The number of carbonyl (C=O) groups is 4. The Hall–Kier alpha value is -3.61. The van der Waals surface area contributed by atoms with Crippen molar-refractivity contribution in [1.29, 1.82) is 0 Å². The highest BCUT2D eigenvalue weighted by atomic mass is 16.6. The molecule has 2 aromatic rings. The molecule has 4 rings (SSSR count). The molecule has 0 aliphatic carbocycles. The van der Waals surface area contributed by atoms with Gasteiger partial charge >= 0.3 is 0 Å². The van der Waals surface area contributed by atoms with Crippen molar-refractivity contribution in [1.82, 2.24) is 26.0 Å². The number of benzene rings is 1. The number of ketones is 1. The van der Waals surface area contributed by atoms with E-state index in [9.17, 15) is 19.2 Å². The Kier molecular flexibility index (Phi) is 11.1. The zero-order valence-corrected chi connectivity index (χ0v) is 25.4. The number of nitrogens with zero attached hydrogens (tertiary/aromatic N) is 2. The average molecular weight is 598 g/mol. The molecule has 0 spiro atoms. The molecule has 1 aromatic heterocycles. The summed E-state index contributed by atoms with van der Waals surface area (Å²) in [6.07, 6.45) is 0.918. The molecule has 2 aliphatic rings. The van der Waals surface area contributed by atoms with Gasteiger partial charge in [-0.3, -0.25) is 24.1 Å². The smallest absolute Gasteiger partial charge is 0.274 e. The first-order valence-electron chi connectivity index (χ1n) is 15.0. The molecular weight excluding hydrogens is 554 g/mol. The van der Waals surface area contributed by atoms with Crippen molar-refractivity contribution in [3.8, 4) is 0 Å². The van der Waals surface area contributed by atoms with Crippen LogP contribution >= 0.6 is 0 Å². The number of amides is 3. The van der Waals surface area contributed by atoms with E-state index in [0.29, 0.717) is 38.5 Å². The first kappa shape index (κ1) is 32.3. The average Bonchev–Trinajstić information content (AvgIpc) is 3.57. The molecular formula is C31H43N5O7. The van der Waals surface area contributed by atoms with Crippen molar-refractivity contribution in [2.75, 3.05) is 32.9 Å². The lowest BCUT2D eigenvalue weighted by Gasteiger charge is -2.26. The minimum absolute atomic E-state index is 0.0684. The molecule has 3 unspecified atom stereocenters. The van der Waals surface area contributed by atoms with Crippen molar-refractivity contribution >= 4 is 23.5 Å². The Morgan fingerprint density at radius 1 is 0.977 bits per heavy atom. The monoisotopic (exact) mass is 597 g/mol. The third-order valence-electron chi connectivity index (χ3n) is 7.66. The van der Waals surface area contributed by atoms with Crippen molar-refractivity contribution in [2.45, 2.75) is 77.2 Å². The van der Waals surface area contributed by atoms with E-state index in [4.69, 9.17) is 14.0 Å². The van der Waals surface area contributed by atoms with Crippen LogP contribution in [0.2, 0.25) is 0 Å². The summed E-state index contributed by atoms with van der Waals surface area (Å²) in [6.45, 7) is 11.0. The molecule has 4 atom stereocenters. The van der Waals surface area contributed by atoms with Crippen molar-refractivity contribution in [3.05, 3.63) is 53.4 Å². The van der Waals surface area contributed by atoms with Crippen LogP contribution in [0, 0.1) is 5.92 Å². The quantitative estimate of drug-likeness (QED) is 0.260. The number of morpholine rings is 1. The third kappa shape index (κ3) is 9.19. The normalized spacial score (nSPS) is 20.6. The number of hydrogen-bond donors (Lipinski definition) is 3. The standard InChI is InChI=1S/C31H43N5O7/c1-5-23(32-30(40)26-17-22(43-35-26)18-36-11-13-41-14-12-36)28(38)34-25(16-21-9-7-6-8-10-21)29(39)33-24(15-20(2)3)27(37)31(4)19-42-31/h6-10,17,20,23-25H,5,11-16,18-19H2,1-4H3,(H,32,40)(H,33,39)(H,34,38)/t23?,24?,25-,31?/m0/s1. The lowest BCUT2D eigenvalue weighted by atomic mass is 9.93. The topological polar surface area (TPSA) is 155 Å². The van der Waals surface area contributed by atoms with Crippen LogP contribution in [0.3, 0.4) is 0 Å². The van der Waals surface area contributed by atoms with E-state index in [1.807, 2.05) is 44.2 Å². The minimum atomic E-state index is -0.983. The summed E-state index contributed by atoms with van der Waals surface area (Å²) in [6, 6.07) is 8.19. The first-order chi connectivity index (χ1) is 20.6. The summed E-state index contributed by atoms with van der Waals surface area (Å²) in [5, 5.41) is 12.3. The largest absolute Gasteiger partial charge is 0.379 e. The Morgan fingerprint density at radius 3 is 2.26 bits per heavy atom. The van der Waals surface area contributed by atoms with Gasteiger partial charge in [0, 0.05) is 25.6 Å². The van der Waals surface area contributed by atoms with E-state index in [2.05, 4.69) is 26.0 Å². The molecule has 12 heteroatoms. The number of epoxide rings is 1. The number of hydrogen-bond acceptors (Lipinski definition) is 9. The van der Waals surface area contributed by atoms with Crippen LogP contribution < -0.4 is 16.0 Å². The molecule has 1 aromatic carbocycles. The molecule has 3 N–H and O–H groups in total. The van der Waals surface area contributed by atoms with E-state index >= 15 is 0 Å². The van der Waals surface area contributed by atoms with Crippen LogP contribution in [0.25, 0.3) is 0 Å². The Morgan fingerprint density at radius 2 is 1.63 bits per heavy atom. The number of nitrogens with one attached hydrogen (secondary N) is 3. The lowest BCUT2D eigenvalue weighted by molar-refractivity contribution is -0.133. The van der Waals surface area contributed by atoms with Crippen molar-refractivity contribution in [3.63, 3.8) is 0 Å². The van der Waals surface area contributed by atoms with Gasteiger partial charge in [0.15, 0.2) is 17.2 Å². The highest BCUT2D eigenvalue weighted by Crippen LogP contribution is 2.29. The molecule has 0 saturated carbocycles. The van der Waals surface area contributed by atoms with E-state index in [1.165, 1.54) is 0 Å². The number of rotatable bonds is 15. The van der Waals surface area contributed by atoms with E-state index in [1.54, 1.807) is 19.9 Å². The molecule has 0 bridgehead atoms. The molecule has 0 radical (unpaired) electrons. The maximum Gasteiger partial charge on any atom is 0.274 e. The van der Waals surface area contributed by atoms with Gasteiger partial charge in [0.05, 0.1) is 32.4 Å². The van der Waals surface area contributed by atoms with Crippen molar-refractivity contribution < 1.29 is 33.2 Å². The maximum absolute atomic E-state index is 13.6. The number of ether oxygens (including phenoxy) is 2. The van der Waals surface area contributed by atoms with Gasteiger partial charge in [-0.2, -0.15) is 0 Å². The molecule has 234 valence electrons. The fourth-order valence-electron chi connectivity index (χ4n) is 4.99. The van der Waals surface area contributed by atoms with Crippen LogP contribution in [0.1, 0.15) is 62.3 Å². The number of Topliss-reactive ketones (excluding diaryl/α,β-unsaturated/α-hetero) is 1. The second-order valence-corrected chi connectivity index (χ2v) is 11.8. The van der Waals surface area contributed by atoms with Crippen LogP contribution in [0.5, 0.6) is 0 Å². The van der Waals surface area contributed by atoms with Gasteiger partial charge < -0.3 is 29.9 Å². The second-order valence-electron chi connectivity index (χ2n) is 11.8. The van der Waals surface area contributed by atoms with E-state index in [0.717, 1.165) is 18.7 Å². The fourth-order valence-corrected chi connectivity index (χ4v) is 4.99. The SMILES string of the molecule is CCC(NC(=O)c1cc(CN2CCOCC2)on1)C(=O)N[C@@H](Cc1ccccc1)C(=O)NC(CC(C)C)C(=O)C1(C)CO1. The number of aromatic nitrogens is 1. The fraction of sp³-hybridized carbons (Fsp3) is 0.581. The highest BCUT2D eigenvalue weighted by molar-refractivity contribution is 5.99. The zero-order valence-electron chi connectivity index (χ0n) is 25.4. The van der Waals surface area contributed by atoms with Gasteiger partial charge in [0.1, 0.15) is 17.7 Å². The van der Waals surface area contributed by atoms with Gasteiger partial charge in [-0.1, -0.05) is 56.3 Å². The molecule has 2 aliphatic heterocycles. The van der Waals surface area contributed by atoms with Gasteiger partial charge in [0.2, 0.25) is 11.8 Å². The van der Waals surface area contributed by atoms with Gasteiger partial charge in [-0.05, 0) is 31.2 Å². The summed E-state index contributed by atoms with van der Waals surface area (Å²) in [4.78, 5) is 55.3. The summed E-state index contributed by atoms with van der Waals surface area (Å²) < 4.78 is 16.1. The van der Waals surface area contributed by atoms with Gasteiger partial charge in [-0.15, -0.1) is 0 Å². The molecule has 2 fully saturated rings. The predicted octanol–water partition coefficient (Wildman–Crippen LogP) is 1.63. The Bertz CT molecular complexity index is 1250. The summed E-state index contributed by atoms with van der Waals surface area (Å²) in [5.41, 5.74) is 0.00441.